The highest BCUT2D eigenvalue weighted by atomic mass is 32.1. The van der Waals surface area contributed by atoms with Crippen LogP contribution in [0.15, 0.2) is 53.9 Å². The third-order valence-corrected chi connectivity index (χ3v) is 4.82. The molecule has 0 aliphatic carbocycles. The highest BCUT2D eigenvalue weighted by molar-refractivity contribution is 7.17. The van der Waals surface area contributed by atoms with Crippen molar-refractivity contribution in [3.63, 3.8) is 0 Å². The van der Waals surface area contributed by atoms with Crippen LogP contribution in [-0.4, -0.2) is 5.11 Å². The number of thiophene rings is 1. The largest absolute Gasteiger partial charge is 0.485 e. The van der Waals surface area contributed by atoms with Gasteiger partial charge in [0.1, 0.15) is 11.9 Å². The normalized spacial score (nSPS) is 21.4. The number of hydrogen-bond donors (Lipinski definition) is 1. The molecule has 3 aromatic rings. The quantitative estimate of drug-likeness (QED) is 0.714. The molecule has 1 aliphatic rings. The lowest BCUT2D eigenvalue weighted by atomic mass is 9.95. The Labute approximate surface area is 121 Å². The Kier molecular flexibility index (Phi) is 2.76. The predicted molar refractivity (Wildman–Crippen MR) is 81.2 cm³/mol. The van der Waals surface area contributed by atoms with Gasteiger partial charge in [0.25, 0.3) is 0 Å². The van der Waals surface area contributed by atoms with Crippen LogP contribution in [0.4, 0.5) is 0 Å². The van der Waals surface area contributed by atoms with E-state index in [4.69, 9.17) is 4.74 Å². The van der Waals surface area contributed by atoms with Gasteiger partial charge in [-0.25, -0.2) is 0 Å². The van der Waals surface area contributed by atoms with Gasteiger partial charge in [-0.3, -0.25) is 0 Å². The lowest BCUT2D eigenvalue weighted by Gasteiger charge is -2.29. The Bertz CT molecular complexity index is 762. The van der Waals surface area contributed by atoms with E-state index in [9.17, 15) is 5.11 Å². The molecule has 1 aromatic heterocycles. The molecular formula is C17H14O2S. The fourth-order valence-electron chi connectivity index (χ4n) is 2.83. The summed E-state index contributed by atoms with van der Waals surface area (Å²) in [4.78, 5) is 0. The van der Waals surface area contributed by atoms with Gasteiger partial charge in [-0.2, -0.15) is 0 Å². The average Bonchev–Trinajstić information content (AvgIpc) is 2.91. The van der Waals surface area contributed by atoms with Crippen molar-refractivity contribution in [2.45, 2.75) is 18.6 Å². The molecule has 2 atom stereocenters. The second-order valence-electron chi connectivity index (χ2n) is 5.08. The molecule has 0 radical (unpaired) electrons. The van der Waals surface area contributed by atoms with E-state index in [1.54, 1.807) is 11.3 Å². The minimum Gasteiger partial charge on any atom is -0.485 e. The Morgan fingerprint density at radius 1 is 1.00 bits per heavy atom. The van der Waals surface area contributed by atoms with Crippen LogP contribution in [0.25, 0.3) is 10.1 Å². The van der Waals surface area contributed by atoms with Gasteiger partial charge in [0.15, 0.2) is 0 Å². The van der Waals surface area contributed by atoms with Crippen LogP contribution in [0.2, 0.25) is 0 Å². The molecule has 1 aliphatic heterocycles. The summed E-state index contributed by atoms with van der Waals surface area (Å²) in [5, 5.41) is 13.7. The maximum absolute atomic E-state index is 10.3. The van der Waals surface area contributed by atoms with Crippen molar-refractivity contribution in [1.82, 2.24) is 0 Å². The van der Waals surface area contributed by atoms with E-state index in [0.29, 0.717) is 6.42 Å². The van der Waals surface area contributed by atoms with Crippen molar-refractivity contribution >= 4 is 21.4 Å². The second-order valence-corrected chi connectivity index (χ2v) is 5.99. The van der Waals surface area contributed by atoms with E-state index < -0.39 is 6.10 Å². The first kappa shape index (κ1) is 11.9. The van der Waals surface area contributed by atoms with Gasteiger partial charge >= 0.3 is 0 Å². The molecule has 0 amide bonds. The molecule has 0 bridgehead atoms. The van der Waals surface area contributed by atoms with Crippen molar-refractivity contribution in [1.29, 1.82) is 0 Å². The molecule has 0 saturated heterocycles. The molecule has 20 heavy (non-hydrogen) atoms. The van der Waals surface area contributed by atoms with Crippen LogP contribution in [-0.2, 0) is 0 Å². The molecule has 0 saturated carbocycles. The van der Waals surface area contributed by atoms with Crippen molar-refractivity contribution in [3.8, 4) is 5.75 Å². The highest BCUT2D eigenvalue weighted by Crippen LogP contribution is 2.43. The zero-order chi connectivity index (χ0) is 13.5. The summed E-state index contributed by atoms with van der Waals surface area (Å²) >= 11 is 1.73. The monoisotopic (exact) mass is 282 g/mol. The SMILES string of the molecule is O[C@@H]1CC(c2csc3ccccc23)Oc2ccccc21. The molecule has 1 unspecified atom stereocenters. The number of aliphatic hydroxyl groups is 1. The van der Waals surface area contributed by atoms with E-state index in [1.807, 2.05) is 30.3 Å². The molecule has 3 heteroatoms. The number of hydrogen-bond acceptors (Lipinski definition) is 3. The van der Waals surface area contributed by atoms with Crippen molar-refractivity contribution in [2.24, 2.45) is 0 Å². The molecule has 1 N–H and O–H groups in total. The first-order chi connectivity index (χ1) is 9.83. The maximum atomic E-state index is 10.3. The third-order valence-electron chi connectivity index (χ3n) is 3.84. The summed E-state index contributed by atoms with van der Waals surface area (Å²) in [5.41, 5.74) is 2.07. The van der Waals surface area contributed by atoms with E-state index in [2.05, 4.69) is 23.6 Å². The van der Waals surface area contributed by atoms with Gasteiger partial charge in [0, 0.05) is 22.2 Å². The minimum absolute atomic E-state index is 0.0731. The predicted octanol–water partition coefficient (Wildman–Crippen LogP) is 4.46. The maximum Gasteiger partial charge on any atom is 0.128 e. The van der Waals surface area contributed by atoms with Crippen LogP contribution in [0.3, 0.4) is 0 Å². The van der Waals surface area contributed by atoms with Crippen LogP contribution in [0, 0.1) is 0 Å². The van der Waals surface area contributed by atoms with Crippen LogP contribution < -0.4 is 4.74 Å². The molecule has 4 rings (SSSR count). The Morgan fingerprint density at radius 3 is 2.75 bits per heavy atom. The smallest absolute Gasteiger partial charge is 0.128 e. The number of rotatable bonds is 1. The molecular weight excluding hydrogens is 268 g/mol. The summed E-state index contributed by atoms with van der Waals surface area (Å²) in [6.45, 7) is 0. The van der Waals surface area contributed by atoms with Crippen molar-refractivity contribution < 1.29 is 9.84 Å². The van der Waals surface area contributed by atoms with Gasteiger partial charge < -0.3 is 9.84 Å². The molecule has 100 valence electrons. The minimum atomic E-state index is -0.455. The summed E-state index contributed by atoms with van der Waals surface area (Å²) in [5.74, 6) is 0.798. The molecule has 0 spiro atoms. The van der Waals surface area contributed by atoms with Gasteiger partial charge in [0.2, 0.25) is 0 Å². The first-order valence-corrected chi connectivity index (χ1v) is 7.60. The Balaban J connectivity index is 1.78. The second kappa shape index (κ2) is 4.62. The number of para-hydroxylation sites is 1. The molecule has 0 fully saturated rings. The summed E-state index contributed by atoms with van der Waals surface area (Å²) in [6, 6.07) is 16.1. The van der Waals surface area contributed by atoms with Crippen molar-refractivity contribution in [2.75, 3.05) is 0 Å². The van der Waals surface area contributed by atoms with Gasteiger partial charge in [-0.05, 0) is 22.9 Å². The Hall–Kier alpha value is -1.84. The first-order valence-electron chi connectivity index (χ1n) is 6.73. The van der Waals surface area contributed by atoms with Gasteiger partial charge in [0.05, 0.1) is 6.10 Å². The fraction of sp³-hybridized carbons (Fsp3) is 0.176. The number of benzene rings is 2. The zero-order valence-corrected chi connectivity index (χ0v) is 11.6. The number of aliphatic hydroxyl groups excluding tert-OH is 1. The summed E-state index contributed by atoms with van der Waals surface area (Å²) in [6.07, 6.45) is 0.0808. The lowest BCUT2D eigenvalue weighted by Crippen LogP contribution is -2.18. The van der Waals surface area contributed by atoms with Crippen LogP contribution in [0.1, 0.15) is 29.8 Å². The van der Waals surface area contributed by atoms with Gasteiger partial charge in [-0.1, -0.05) is 36.4 Å². The van der Waals surface area contributed by atoms with E-state index in [0.717, 1.165) is 11.3 Å². The zero-order valence-electron chi connectivity index (χ0n) is 10.8. The van der Waals surface area contributed by atoms with Crippen LogP contribution >= 0.6 is 11.3 Å². The van der Waals surface area contributed by atoms with Crippen molar-refractivity contribution in [3.05, 3.63) is 65.0 Å². The van der Waals surface area contributed by atoms with E-state index in [1.165, 1.54) is 15.6 Å². The third kappa shape index (κ3) is 1.82. The van der Waals surface area contributed by atoms with E-state index in [-0.39, 0.29) is 6.10 Å². The fourth-order valence-corrected chi connectivity index (χ4v) is 3.84. The standard InChI is InChI=1S/C17H14O2S/c18-14-9-16(19-15-7-3-1-6-12(14)15)13-10-20-17-8-4-2-5-11(13)17/h1-8,10,14,16,18H,9H2/t14-,16?/m1/s1. The van der Waals surface area contributed by atoms with E-state index >= 15 is 0 Å². The molecule has 2 nitrogen and oxygen atoms in total. The molecule has 2 heterocycles. The average molecular weight is 282 g/mol. The summed E-state index contributed by atoms with van der Waals surface area (Å²) < 4.78 is 7.36. The highest BCUT2D eigenvalue weighted by Gasteiger charge is 2.29. The molecule has 2 aromatic carbocycles. The topological polar surface area (TPSA) is 29.5 Å². The summed E-state index contributed by atoms with van der Waals surface area (Å²) in [7, 11) is 0. The lowest BCUT2D eigenvalue weighted by molar-refractivity contribution is 0.0666. The number of fused-ring (bicyclic) bond motifs is 2. The van der Waals surface area contributed by atoms with Gasteiger partial charge in [-0.15, -0.1) is 11.3 Å². The van der Waals surface area contributed by atoms with Crippen LogP contribution in [0.5, 0.6) is 5.75 Å². The number of ether oxygens (including phenoxy) is 1. The Morgan fingerprint density at radius 2 is 1.80 bits per heavy atom.